The molecule has 0 saturated carbocycles. The number of aromatic hydroxyl groups is 2. The quantitative estimate of drug-likeness (QED) is 0.463. The molecule has 0 spiro atoms. The van der Waals surface area contributed by atoms with Crippen LogP contribution in [-0.2, 0) is 16.0 Å². The molecule has 6 rings (SSSR count). The Morgan fingerprint density at radius 1 is 0.897 bits per heavy atom. The second kappa shape index (κ2) is 9.76. The number of carbonyl (C=O) groups is 1. The Bertz CT molecular complexity index is 1610. The monoisotopic (exact) mass is 522 g/mol. The van der Waals surface area contributed by atoms with Crippen LogP contribution in [0.15, 0.2) is 96.0 Å². The van der Waals surface area contributed by atoms with E-state index in [1.807, 2.05) is 36.4 Å². The second-order valence-corrected chi connectivity index (χ2v) is 9.53. The standard InChI is InChI=1S/C32H26O7/c1-36-23-8-10-24(28(35)14-23)20-11-19-12-27-26(18-3-5-21(33)6-4-18)15-31(39-32(27)16-29(19)38-17-20)25-9-7-22(34)13-30(25)37-2/h3-10,12-16,20,33,35H,11,17H2,1-2H3/b31-25-/t20-/m0/s1. The van der Waals surface area contributed by atoms with Crippen LogP contribution in [0.1, 0.15) is 28.2 Å². The molecule has 2 heterocycles. The fourth-order valence-electron chi connectivity index (χ4n) is 5.15. The largest absolute Gasteiger partial charge is 0.508 e. The fraction of sp³-hybridized carbons (Fsp3) is 0.156. The molecular weight excluding hydrogens is 496 g/mol. The van der Waals surface area contributed by atoms with Crippen molar-refractivity contribution in [2.45, 2.75) is 12.3 Å². The molecule has 3 aromatic rings. The SMILES string of the molecule is COC1=CC(=O)C=C/C1=C1\C=C(c2ccc(O)cc2)c2cc3c(cc2O1)OC[C@@H](c1ccc(OC)cc1O)C3. The summed E-state index contributed by atoms with van der Waals surface area (Å²) in [6.45, 7) is 0.404. The van der Waals surface area contributed by atoms with Gasteiger partial charge in [0.2, 0.25) is 0 Å². The van der Waals surface area contributed by atoms with Gasteiger partial charge in [-0.2, -0.15) is 0 Å². The summed E-state index contributed by atoms with van der Waals surface area (Å²) in [5.41, 5.74) is 5.07. The molecule has 1 atom stereocenters. The lowest BCUT2D eigenvalue weighted by atomic mass is 9.86. The molecule has 0 aromatic heterocycles. The number of ketones is 1. The average molecular weight is 523 g/mol. The molecule has 196 valence electrons. The minimum Gasteiger partial charge on any atom is -0.508 e. The summed E-state index contributed by atoms with van der Waals surface area (Å²) in [6, 6.07) is 16.2. The van der Waals surface area contributed by atoms with E-state index in [4.69, 9.17) is 18.9 Å². The van der Waals surface area contributed by atoms with Crippen molar-refractivity contribution in [2.75, 3.05) is 20.8 Å². The molecule has 0 saturated heterocycles. The third kappa shape index (κ3) is 4.52. The Morgan fingerprint density at radius 3 is 2.46 bits per heavy atom. The maximum absolute atomic E-state index is 11.9. The third-order valence-corrected chi connectivity index (χ3v) is 7.15. The van der Waals surface area contributed by atoms with E-state index in [0.29, 0.717) is 47.4 Å². The van der Waals surface area contributed by atoms with Crippen LogP contribution in [0.5, 0.6) is 28.7 Å². The summed E-state index contributed by atoms with van der Waals surface area (Å²) in [5, 5.41) is 20.5. The maximum atomic E-state index is 11.9. The highest BCUT2D eigenvalue weighted by molar-refractivity contribution is 6.02. The van der Waals surface area contributed by atoms with Gasteiger partial charge in [0.25, 0.3) is 0 Å². The summed E-state index contributed by atoms with van der Waals surface area (Å²) >= 11 is 0. The Morgan fingerprint density at radius 2 is 1.72 bits per heavy atom. The molecule has 0 fully saturated rings. The third-order valence-electron chi connectivity index (χ3n) is 7.15. The van der Waals surface area contributed by atoms with Crippen LogP contribution in [0.25, 0.3) is 5.57 Å². The highest BCUT2D eigenvalue weighted by Gasteiger charge is 2.29. The molecule has 0 radical (unpaired) electrons. The number of hydrogen-bond acceptors (Lipinski definition) is 7. The van der Waals surface area contributed by atoms with Crippen LogP contribution in [0, 0.1) is 0 Å². The van der Waals surface area contributed by atoms with Crippen LogP contribution in [-0.4, -0.2) is 36.8 Å². The number of carbonyl (C=O) groups excluding carboxylic acids is 1. The van der Waals surface area contributed by atoms with Gasteiger partial charge in [0, 0.05) is 35.3 Å². The van der Waals surface area contributed by atoms with Crippen molar-refractivity contribution < 1.29 is 34.0 Å². The Kier molecular flexibility index (Phi) is 6.11. The van der Waals surface area contributed by atoms with Crippen molar-refractivity contribution in [3.8, 4) is 28.7 Å². The van der Waals surface area contributed by atoms with Gasteiger partial charge in [-0.1, -0.05) is 18.2 Å². The zero-order valence-corrected chi connectivity index (χ0v) is 21.4. The van der Waals surface area contributed by atoms with Gasteiger partial charge < -0.3 is 29.2 Å². The Balaban J connectivity index is 1.44. The molecular formula is C32H26O7. The van der Waals surface area contributed by atoms with Crippen molar-refractivity contribution in [2.24, 2.45) is 0 Å². The van der Waals surface area contributed by atoms with E-state index in [-0.39, 0.29) is 23.2 Å². The van der Waals surface area contributed by atoms with E-state index in [1.54, 1.807) is 31.4 Å². The Hall–Kier alpha value is -4.91. The first kappa shape index (κ1) is 24.4. The summed E-state index contributed by atoms with van der Waals surface area (Å²) in [7, 11) is 3.08. The first-order chi connectivity index (χ1) is 18.9. The number of rotatable bonds is 4. The first-order valence-electron chi connectivity index (χ1n) is 12.5. The van der Waals surface area contributed by atoms with Crippen LogP contribution in [0.4, 0.5) is 0 Å². The minimum absolute atomic E-state index is 0.0379. The molecule has 2 aliphatic heterocycles. The van der Waals surface area contributed by atoms with Crippen LogP contribution in [0.3, 0.4) is 0 Å². The molecule has 0 amide bonds. The van der Waals surface area contributed by atoms with Crippen molar-refractivity contribution in [1.29, 1.82) is 0 Å². The molecule has 7 heteroatoms. The van der Waals surface area contributed by atoms with Crippen LogP contribution < -0.4 is 14.2 Å². The van der Waals surface area contributed by atoms with E-state index in [1.165, 1.54) is 19.3 Å². The summed E-state index contributed by atoms with van der Waals surface area (Å²) in [5.74, 6) is 3.01. The first-order valence-corrected chi connectivity index (χ1v) is 12.5. The molecule has 2 N–H and O–H groups in total. The number of ether oxygens (including phenoxy) is 4. The average Bonchev–Trinajstić information content (AvgIpc) is 2.95. The number of benzene rings is 3. The van der Waals surface area contributed by atoms with Gasteiger partial charge in [-0.05, 0) is 65.6 Å². The molecule has 7 nitrogen and oxygen atoms in total. The van der Waals surface area contributed by atoms with Crippen molar-refractivity contribution >= 4 is 11.4 Å². The molecule has 0 unspecified atom stereocenters. The number of hydrogen-bond donors (Lipinski definition) is 2. The van der Waals surface area contributed by atoms with Crippen LogP contribution in [0.2, 0.25) is 0 Å². The lowest BCUT2D eigenvalue weighted by molar-refractivity contribution is -0.110. The number of phenolic OH excluding ortho intramolecular Hbond substituents is 2. The van der Waals surface area contributed by atoms with E-state index < -0.39 is 0 Å². The van der Waals surface area contributed by atoms with E-state index >= 15 is 0 Å². The van der Waals surface area contributed by atoms with E-state index in [9.17, 15) is 15.0 Å². The molecule has 3 aromatic carbocycles. The van der Waals surface area contributed by atoms with Gasteiger partial charge in [0.1, 0.15) is 40.3 Å². The molecule has 1 aliphatic carbocycles. The number of phenols is 2. The topological polar surface area (TPSA) is 94.5 Å². The lowest BCUT2D eigenvalue weighted by Crippen LogP contribution is -2.20. The molecule has 39 heavy (non-hydrogen) atoms. The second-order valence-electron chi connectivity index (χ2n) is 9.53. The number of fused-ring (bicyclic) bond motifs is 2. The van der Waals surface area contributed by atoms with Gasteiger partial charge in [-0.3, -0.25) is 4.79 Å². The Labute approximate surface area is 225 Å². The van der Waals surface area contributed by atoms with E-state index in [2.05, 4.69) is 6.07 Å². The van der Waals surface area contributed by atoms with Crippen LogP contribution >= 0.6 is 0 Å². The fourth-order valence-corrected chi connectivity index (χ4v) is 5.15. The zero-order valence-electron chi connectivity index (χ0n) is 21.4. The summed E-state index contributed by atoms with van der Waals surface area (Å²) in [6.07, 6.45) is 7.18. The minimum atomic E-state index is -0.157. The summed E-state index contributed by atoms with van der Waals surface area (Å²) < 4.78 is 23.3. The number of methoxy groups -OCH3 is 2. The van der Waals surface area contributed by atoms with Gasteiger partial charge in [0.05, 0.1) is 26.4 Å². The smallest absolute Gasteiger partial charge is 0.182 e. The highest BCUT2D eigenvalue weighted by atomic mass is 16.5. The molecule has 0 bridgehead atoms. The lowest BCUT2D eigenvalue weighted by Gasteiger charge is -2.30. The maximum Gasteiger partial charge on any atom is 0.182 e. The van der Waals surface area contributed by atoms with Gasteiger partial charge >= 0.3 is 0 Å². The van der Waals surface area contributed by atoms with E-state index in [0.717, 1.165) is 27.8 Å². The number of allylic oxidation sites excluding steroid dienone is 4. The highest BCUT2D eigenvalue weighted by Crippen LogP contribution is 2.45. The summed E-state index contributed by atoms with van der Waals surface area (Å²) in [4.78, 5) is 11.9. The van der Waals surface area contributed by atoms with Crippen molar-refractivity contribution in [3.05, 3.63) is 118 Å². The predicted octanol–water partition coefficient (Wildman–Crippen LogP) is 5.57. The van der Waals surface area contributed by atoms with Crippen molar-refractivity contribution in [1.82, 2.24) is 0 Å². The normalized spacial score (nSPS) is 19.6. The van der Waals surface area contributed by atoms with Gasteiger partial charge in [-0.15, -0.1) is 0 Å². The molecule has 3 aliphatic rings. The van der Waals surface area contributed by atoms with Gasteiger partial charge in [-0.25, -0.2) is 0 Å². The van der Waals surface area contributed by atoms with Gasteiger partial charge in [0.15, 0.2) is 5.78 Å². The predicted molar refractivity (Wildman–Crippen MR) is 145 cm³/mol. The van der Waals surface area contributed by atoms with Crippen molar-refractivity contribution in [3.63, 3.8) is 0 Å². The zero-order chi connectivity index (χ0) is 27.1.